The van der Waals surface area contributed by atoms with Gasteiger partial charge in [0.2, 0.25) is 0 Å². The van der Waals surface area contributed by atoms with Gasteiger partial charge in [-0.25, -0.2) is 8.42 Å². The van der Waals surface area contributed by atoms with Crippen LogP contribution in [0.3, 0.4) is 0 Å². The molecule has 0 saturated heterocycles. The van der Waals surface area contributed by atoms with Crippen LogP contribution < -0.4 is 4.89 Å². The molecule has 0 aliphatic carbocycles. The highest BCUT2D eigenvalue weighted by Gasteiger charge is 2.20. The molecule has 0 atom stereocenters. The topological polar surface area (TPSA) is 98.5 Å². The van der Waals surface area contributed by atoms with E-state index in [1.54, 1.807) is 0 Å². The lowest BCUT2D eigenvalue weighted by molar-refractivity contribution is -0.384. The van der Waals surface area contributed by atoms with Gasteiger partial charge in [0.05, 0.1) is 16.6 Å². The molecule has 0 heterocycles. The minimum absolute atomic E-state index is 0.148. The van der Waals surface area contributed by atoms with Crippen LogP contribution in [0.1, 0.15) is 13.8 Å². The van der Waals surface area contributed by atoms with E-state index >= 15 is 0 Å². The number of benzene rings is 1. The van der Waals surface area contributed by atoms with Crippen molar-refractivity contribution in [3.05, 3.63) is 33.3 Å². The molecule has 106 valence electrons. The molecule has 0 bridgehead atoms. The Morgan fingerprint density at radius 2 is 2.11 bits per heavy atom. The Labute approximate surface area is 115 Å². The summed E-state index contributed by atoms with van der Waals surface area (Å²) in [6.07, 6.45) is 0. The minimum atomic E-state index is -3.96. The van der Waals surface area contributed by atoms with Gasteiger partial charge < -0.3 is 0 Å². The molecule has 0 fully saturated rings. The van der Waals surface area contributed by atoms with Crippen LogP contribution in [0.15, 0.2) is 23.1 Å². The molecule has 1 aromatic carbocycles. The quantitative estimate of drug-likeness (QED) is 0.641. The number of hydrogen-bond donors (Lipinski definition) is 1. The normalized spacial score (nSPS) is 11.8. The molecular weight excluding hydrogens is 296 g/mol. The van der Waals surface area contributed by atoms with Gasteiger partial charge in [-0.1, -0.05) is 30.3 Å². The van der Waals surface area contributed by atoms with Crippen LogP contribution >= 0.6 is 11.6 Å². The van der Waals surface area contributed by atoms with Crippen molar-refractivity contribution < 1.29 is 18.2 Å². The Hall–Kier alpha value is -1.22. The Bertz CT molecular complexity index is 573. The van der Waals surface area contributed by atoms with Gasteiger partial charge >= 0.3 is 0 Å². The van der Waals surface area contributed by atoms with E-state index in [1.165, 1.54) is 0 Å². The maximum absolute atomic E-state index is 11.8. The fourth-order valence-corrected chi connectivity index (χ4v) is 2.50. The van der Waals surface area contributed by atoms with Crippen molar-refractivity contribution >= 4 is 27.3 Å². The van der Waals surface area contributed by atoms with Crippen LogP contribution in [0.5, 0.6) is 0 Å². The lowest BCUT2D eigenvalue weighted by Crippen LogP contribution is -2.26. The van der Waals surface area contributed by atoms with E-state index in [1.807, 2.05) is 18.7 Å². The first-order valence-electron chi connectivity index (χ1n) is 5.31. The zero-order chi connectivity index (χ0) is 14.6. The van der Waals surface area contributed by atoms with E-state index in [0.29, 0.717) is 0 Å². The monoisotopic (exact) mass is 308 g/mol. The summed E-state index contributed by atoms with van der Waals surface area (Å²) in [7, 11) is -3.96. The Balaban J connectivity index is 2.93. The number of nitro groups is 1. The molecule has 7 nitrogen and oxygen atoms in total. The molecule has 0 radical (unpaired) electrons. The predicted octanol–water partition coefficient (Wildman–Crippen LogP) is 2.11. The number of rotatable bonds is 6. The summed E-state index contributed by atoms with van der Waals surface area (Å²) in [5, 5.41) is 10.3. The van der Waals surface area contributed by atoms with Crippen molar-refractivity contribution in [2.24, 2.45) is 5.92 Å². The third kappa shape index (κ3) is 4.43. The number of non-ortho nitro benzene ring substituents is 1. The Kier molecular flexibility index (Phi) is 5.24. The van der Waals surface area contributed by atoms with Crippen molar-refractivity contribution in [3.63, 3.8) is 0 Å². The van der Waals surface area contributed by atoms with Gasteiger partial charge in [-0.05, 0) is 12.0 Å². The average Bonchev–Trinajstić information content (AvgIpc) is 2.27. The number of hydrogen-bond acceptors (Lipinski definition) is 5. The lowest BCUT2D eigenvalue weighted by atomic mass is 10.2. The zero-order valence-electron chi connectivity index (χ0n) is 10.3. The molecule has 0 saturated carbocycles. The van der Waals surface area contributed by atoms with Gasteiger partial charge in [0, 0.05) is 12.1 Å². The maximum Gasteiger partial charge on any atom is 0.271 e. The molecular formula is C10H13ClN2O5S. The standard InChI is InChI=1S/C10H13ClN2O5S/c1-7(2)6-18-12-19(16,17)10-4-3-8(13(14)15)5-9(10)11/h3-5,7,12H,6H2,1-2H3. The van der Waals surface area contributed by atoms with Gasteiger partial charge in [-0.3, -0.25) is 15.0 Å². The molecule has 0 aliphatic heterocycles. The maximum atomic E-state index is 11.8. The van der Waals surface area contributed by atoms with Gasteiger partial charge in [0.25, 0.3) is 15.7 Å². The summed E-state index contributed by atoms with van der Waals surface area (Å²) in [5.74, 6) is 0.148. The van der Waals surface area contributed by atoms with E-state index in [-0.39, 0.29) is 28.1 Å². The second-order valence-corrected chi connectivity index (χ2v) is 6.18. The van der Waals surface area contributed by atoms with E-state index in [0.717, 1.165) is 18.2 Å². The smallest absolute Gasteiger partial charge is 0.271 e. The summed E-state index contributed by atoms with van der Waals surface area (Å²) >= 11 is 5.72. The highest BCUT2D eigenvalue weighted by Crippen LogP contribution is 2.25. The van der Waals surface area contributed by atoms with Crippen LogP contribution in [0.4, 0.5) is 5.69 Å². The van der Waals surface area contributed by atoms with Crippen LogP contribution in [0.25, 0.3) is 0 Å². The van der Waals surface area contributed by atoms with Gasteiger partial charge in [0.1, 0.15) is 4.90 Å². The van der Waals surface area contributed by atoms with Crippen molar-refractivity contribution in [3.8, 4) is 0 Å². The van der Waals surface area contributed by atoms with Crippen molar-refractivity contribution in [2.75, 3.05) is 6.61 Å². The van der Waals surface area contributed by atoms with Gasteiger partial charge in [0.15, 0.2) is 0 Å². The fraction of sp³-hybridized carbons (Fsp3) is 0.400. The SMILES string of the molecule is CC(C)CONS(=O)(=O)c1ccc([N+](=O)[O-])cc1Cl. The van der Waals surface area contributed by atoms with Crippen LogP contribution in [0.2, 0.25) is 5.02 Å². The first kappa shape index (κ1) is 15.8. The van der Waals surface area contributed by atoms with E-state index in [2.05, 4.69) is 0 Å². The van der Waals surface area contributed by atoms with Crippen LogP contribution in [0, 0.1) is 16.0 Å². The lowest BCUT2D eigenvalue weighted by Gasteiger charge is -2.09. The third-order valence-electron chi connectivity index (χ3n) is 2.00. The summed E-state index contributed by atoms with van der Waals surface area (Å²) in [5.41, 5.74) is -0.285. The summed E-state index contributed by atoms with van der Waals surface area (Å²) in [4.78, 5) is 16.3. The number of sulfonamides is 1. The molecule has 19 heavy (non-hydrogen) atoms. The van der Waals surface area contributed by atoms with Gasteiger partial charge in [-0.2, -0.15) is 0 Å². The molecule has 0 aliphatic rings. The molecule has 1 aromatic rings. The highest BCUT2D eigenvalue weighted by atomic mass is 35.5. The molecule has 0 spiro atoms. The Morgan fingerprint density at radius 1 is 1.47 bits per heavy atom. The fourth-order valence-electron chi connectivity index (χ4n) is 1.14. The number of nitrogens with one attached hydrogen (secondary N) is 1. The van der Waals surface area contributed by atoms with Crippen LogP contribution in [-0.2, 0) is 14.9 Å². The van der Waals surface area contributed by atoms with Crippen molar-refractivity contribution in [1.82, 2.24) is 4.89 Å². The summed E-state index contributed by atoms with van der Waals surface area (Å²) in [6, 6.07) is 3.09. The number of nitro benzene ring substituents is 1. The zero-order valence-corrected chi connectivity index (χ0v) is 11.9. The van der Waals surface area contributed by atoms with Crippen LogP contribution in [-0.4, -0.2) is 19.9 Å². The molecule has 1 rings (SSSR count). The highest BCUT2D eigenvalue weighted by molar-refractivity contribution is 7.89. The predicted molar refractivity (Wildman–Crippen MR) is 69.2 cm³/mol. The number of nitrogens with zero attached hydrogens (tertiary/aromatic N) is 1. The molecule has 0 unspecified atom stereocenters. The second-order valence-electron chi connectivity index (χ2n) is 4.16. The molecule has 0 aromatic heterocycles. The first-order chi connectivity index (χ1) is 8.74. The molecule has 1 N–H and O–H groups in total. The van der Waals surface area contributed by atoms with E-state index < -0.39 is 14.9 Å². The van der Waals surface area contributed by atoms with Gasteiger partial charge in [-0.15, -0.1) is 0 Å². The Morgan fingerprint density at radius 3 is 2.58 bits per heavy atom. The second kappa shape index (κ2) is 6.29. The third-order valence-corrected chi connectivity index (χ3v) is 3.70. The minimum Gasteiger partial charge on any atom is -0.287 e. The first-order valence-corrected chi connectivity index (χ1v) is 7.17. The molecule has 9 heteroatoms. The largest absolute Gasteiger partial charge is 0.287 e. The van der Waals surface area contributed by atoms with Crippen molar-refractivity contribution in [2.45, 2.75) is 18.7 Å². The van der Waals surface area contributed by atoms with Crippen molar-refractivity contribution in [1.29, 1.82) is 0 Å². The average molecular weight is 309 g/mol. The summed E-state index contributed by atoms with van der Waals surface area (Å²) < 4.78 is 23.7. The summed E-state index contributed by atoms with van der Waals surface area (Å²) in [6.45, 7) is 3.91. The van der Waals surface area contributed by atoms with E-state index in [4.69, 9.17) is 16.4 Å². The molecule has 0 amide bonds. The van der Waals surface area contributed by atoms with E-state index in [9.17, 15) is 18.5 Å². The number of halogens is 1.